The van der Waals surface area contributed by atoms with Crippen LogP contribution in [0.2, 0.25) is 10.0 Å². The van der Waals surface area contributed by atoms with E-state index in [-0.39, 0.29) is 24.2 Å². The van der Waals surface area contributed by atoms with Crippen LogP contribution >= 0.6 is 23.2 Å². The Hall–Kier alpha value is -3.27. The molecule has 3 aromatic carbocycles. The number of halogens is 2. The molecule has 2 amide bonds. The minimum atomic E-state index is -3.88. The number of benzene rings is 3. The summed E-state index contributed by atoms with van der Waals surface area (Å²) >= 11 is 12.5. The number of amides is 2. The van der Waals surface area contributed by atoms with E-state index in [2.05, 4.69) is 5.32 Å². The minimum Gasteiger partial charge on any atom is -0.457 e. The predicted octanol–water partition coefficient (Wildman–Crippen LogP) is 6.27. The fraction of sp³-hybridized carbons (Fsp3) is 0.333. The molecule has 0 aliphatic rings. The van der Waals surface area contributed by atoms with Crippen LogP contribution < -0.4 is 14.4 Å². The molecular formula is C30H35Cl2N3O5S. The molecule has 0 bridgehead atoms. The van der Waals surface area contributed by atoms with Gasteiger partial charge in [0.1, 0.15) is 24.1 Å². The van der Waals surface area contributed by atoms with Crippen LogP contribution in [-0.4, -0.2) is 50.0 Å². The van der Waals surface area contributed by atoms with E-state index in [4.69, 9.17) is 27.9 Å². The molecule has 0 saturated carbocycles. The van der Waals surface area contributed by atoms with Crippen molar-refractivity contribution in [2.75, 3.05) is 17.1 Å². The Morgan fingerprint density at radius 2 is 1.56 bits per heavy atom. The first kappa shape index (κ1) is 32.2. The molecule has 0 aromatic heterocycles. The highest BCUT2D eigenvalue weighted by Crippen LogP contribution is 2.27. The second-order valence-corrected chi connectivity index (χ2v) is 12.4. The van der Waals surface area contributed by atoms with Gasteiger partial charge in [-0.3, -0.25) is 13.9 Å². The highest BCUT2D eigenvalue weighted by molar-refractivity contribution is 7.92. The van der Waals surface area contributed by atoms with Crippen molar-refractivity contribution in [2.24, 2.45) is 0 Å². The highest BCUT2D eigenvalue weighted by Gasteiger charge is 2.32. The molecule has 8 nitrogen and oxygen atoms in total. The number of sulfonamides is 1. The van der Waals surface area contributed by atoms with Crippen molar-refractivity contribution < 1.29 is 22.7 Å². The zero-order valence-electron chi connectivity index (χ0n) is 23.5. The van der Waals surface area contributed by atoms with Gasteiger partial charge in [0.05, 0.1) is 11.9 Å². The summed E-state index contributed by atoms with van der Waals surface area (Å²) in [5.74, 6) is 0.255. The number of ether oxygens (including phenoxy) is 1. The number of rotatable bonds is 13. The van der Waals surface area contributed by atoms with Gasteiger partial charge in [-0.15, -0.1) is 0 Å². The van der Waals surface area contributed by atoms with Crippen LogP contribution in [0.5, 0.6) is 11.5 Å². The first-order valence-corrected chi connectivity index (χ1v) is 15.9. The van der Waals surface area contributed by atoms with Gasteiger partial charge in [-0.1, -0.05) is 61.3 Å². The van der Waals surface area contributed by atoms with Crippen LogP contribution in [0.25, 0.3) is 0 Å². The quantitative estimate of drug-likeness (QED) is 0.243. The number of hydrogen-bond acceptors (Lipinski definition) is 5. The summed E-state index contributed by atoms with van der Waals surface area (Å²) in [4.78, 5) is 28.5. The van der Waals surface area contributed by atoms with Gasteiger partial charge in [-0.05, 0) is 73.9 Å². The number of hydrogen-bond donors (Lipinski definition) is 1. The summed E-state index contributed by atoms with van der Waals surface area (Å²) in [6.07, 6.45) is 2.05. The van der Waals surface area contributed by atoms with Crippen LogP contribution in [-0.2, 0) is 26.2 Å². The lowest BCUT2D eigenvalue weighted by Gasteiger charge is -2.33. The lowest BCUT2D eigenvalue weighted by Crippen LogP contribution is -2.53. The summed E-state index contributed by atoms with van der Waals surface area (Å²) < 4.78 is 32.6. The summed E-state index contributed by atoms with van der Waals surface area (Å²) in [6, 6.07) is 19.5. The molecule has 0 fully saturated rings. The van der Waals surface area contributed by atoms with Crippen LogP contribution in [0.15, 0.2) is 72.8 Å². The van der Waals surface area contributed by atoms with E-state index in [1.165, 1.54) is 4.90 Å². The smallest absolute Gasteiger partial charge is 0.244 e. The van der Waals surface area contributed by atoms with E-state index >= 15 is 0 Å². The Balaban J connectivity index is 1.92. The second kappa shape index (κ2) is 14.6. The number of anilines is 1. The van der Waals surface area contributed by atoms with Gasteiger partial charge in [-0.2, -0.15) is 0 Å². The summed E-state index contributed by atoms with van der Waals surface area (Å²) in [5, 5.41) is 3.70. The first-order valence-electron chi connectivity index (χ1n) is 13.3. The molecule has 41 heavy (non-hydrogen) atoms. The Morgan fingerprint density at radius 3 is 2.12 bits per heavy atom. The van der Waals surface area contributed by atoms with E-state index in [0.717, 1.165) is 10.6 Å². The van der Waals surface area contributed by atoms with Gasteiger partial charge >= 0.3 is 0 Å². The molecule has 0 heterocycles. The van der Waals surface area contributed by atoms with Gasteiger partial charge in [0, 0.05) is 22.6 Å². The number of carbonyl (C=O) groups excluding carboxylic acids is 2. The lowest BCUT2D eigenvalue weighted by atomic mass is 10.1. The van der Waals surface area contributed by atoms with Gasteiger partial charge in [0.25, 0.3) is 0 Å². The maximum atomic E-state index is 13.9. The average molecular weight is 621 g/mol. The number of para-hydroxylation sites is 1. The molecule has 1 N–H and O–H groups in total. The number of nitrogens with one attached hydrogen (secondary N) is 1. The fourth-order valence-corrected chi connectivity index (χ4v) is 5.43. The van der Waals surface area contributed by atoms with Crippen molar-refractivity contribution in [3.05, 3.63) is 88.4 Å². The van der Waals surface area contributed by atoms with Crippen LogP contribution in [0.4, 0.5) is 5.69 Å². The molecule has 0 unspecified atom stereocenters. The van der Waals surface area contributed by atoms with Crippen molar-refractivity contribution in [1.82, 2.24) is 10.2 Å². The van der Waals surface area contributed by atoms with Crippen LogP contribution in [0.1, 0.15) is 39.2 Å². The van der Waals surface area contributed by atoms with Gasteiger partial charge in [0.2, 0.25) is 21.8 Å². The molecule has 11 heteroatoms. The van der Waals surface area contributed by atoms with Crippen molar-refractivity contribution in [1.29, 1.82) is 0 Å². The van der Waals surface area contributed by atoms with Gasteiger partial charge in [0.15, 0.2) is 0 Å². The van der Waals surface area contributed by atoms with E-state index in [1.54, 1.807) is 61.5 Å². The molecular weight excluding hydrogens is 585 g/mol. The van der Waals surface area contributed by atoms with Crippen molar-refractivity contribution in [3.8, 4) is 11.5 Å². The maximum absolute atomic E-state index is 13.9. The SMILES string of the molecule is CC[C@@H](C)NC(=O)[C@@H](CC)N(Cc1ccc(Cl)cc1Cl)C(=O)CN(c1ccc(Oc2ccccc2)cc1)S(C)(=O)=O. The third-order valence-electron chi connectivity index (χ3n) is 6.53. The molecule has 3 aromatic rings. The molecule has 0 radical (unpaired) electrons. The third kappa shape index (κ3) is 9.11. The normalized spacial score (nSPS) is 12.7. The molecule has 2 atom stereocenters. The average Bonchev–Trinajstić information content (AvgIpc) is 2.93. The second-order valence-electron chi connectivity index (χ2n) is 9.68. The summed E-state index contributed by atoms with van der Waals surface area (Å²) in [7, 11) is -3.88. The van der Waals surface area contributed by atoms with Gasteiger partial charge in [-0.25, -0.2) is 8.42 Å². The zero-order chi connectivity index (χ0) is 30.2. The number of nitrogens with zero attached hydrogens (tertiary/aromatic N) is 2. The minimum absolute atomic E-state index is 0.0112. The van der Waals surface area contributed by atoms with Crippen molar-refractivity contribution in [3.63, 3.8) is 0 Å². The molecule has 3 rings (SSSR count). The topological polar surface area (TPSA) is 96.0 Å². The molecule has 0 spiro atoms. The van der Waals surface area contributed by atoms with E-state index in [9.17, 15) is 18.0 Å². The molecule has 220 valence electrons. The fourth-order valence-electron chi connectivity index (χ4n) is 4.11. The Kier molecular flexibility index (Phi) is 11.5. The first-order chi connectivity index (χ1) is 19.4. The van der Waals surface area contributed by atoms with Gasteiger partial charge < -0.3 is 15.0 Å². The van der Waals surface area contributed by atoms with Crippen molar-refractivity contribution in [2.45, 2.75) is 52.2 Å². The van der Waals surface area contributed by atoms with E-state index in [1.807, 2.05) is 32.0 Å². The maximum Gasteiger partial charge on any atom is 0.244 e. The molecule has 0 aliphatic heterocycles. The predicted molar refractivity (Wildman–Crippen MR) is 164 cm³/mol. The largest absolute Gasteiger partial charge is 0.457 e. The van der Waals surface area contributed by atoms with E-state index in [0.29, 0.717) is 39.9 Å². The van der Waals surface area contributed by atoms with Crippen molar-refractivity contribution >= 4 is 50.7 Å². The third-order valence-corrected chi connectivity index (χ3v) is 8.25. The lowest BCUT2D eigenvalue weighted by molar-refractivity contribution is -0.140. The molecule has 0 aliphatic carbocycles. The highest BCUT2D eigenvalue weighted by atomic mass is 35.5. The van der Waals surface area contributed by atoms with Crippen LogP contribution in [0, 0.1) is 0 Å². The zero-order valence-corrected chi connectivity index (χ0v) is 25.8. The van der Waals surface area contributed by atoms with Crippen LogP contribution in [0.3, 0.4) is 0 Å². The van der Waals surface area contributed by atoms with E-state index < -0.39 is 28.5 Å². The standard InChI is InChI=1S/C30H35Cl2N3O5S/c1-5-21(3)33-30(37)28(6-2)34(19-22-12-13-23(31)18-27(22)32)29(36)20-35(41(4,38)39)24-14-16-26(17-15-24)40-25-10-8-7-9-11-25/h7-18,21,28H,5-6,19-20H2,1-4H3,(H,33,37)/t21-,28-/m1/s1. The number of carbonyl (C=O) groups is 2. The Labute approximate surface area is 252 Å². The Morgan fingerprint density at radius 1 is 0.927 bits per heavy atom. The summed E-state index contributed by atoms with van der Waals surface area (Å²) in [5.41, 5.74) is 0.857. The molecule has 0 saturated heterocycles. The monoisotopic (exact) mass is 619 g/mol. The summed E-state index contributed by atoms with van der Waals surface area (Å²) in [6.45, 7) is 5.09. The Bertz CT molecular complexity index is 1440.